The Balaban J connectivity index is 2.08. The van der Waals surface area contributed by atoms with Gasteiger partial charge in [0.2, 0.25) is 0 Å². The van der Waals surface area contributed by atoms with Crippen molar-refractivity contribution >= 4 is 0 Å². The van der Waals surface area contributed by atoms with Crippen LogP contribution in [0.2, 0.25) is 0 Å². The van der Waals surface area contributed by atoms with E-state index in [1.54, 1.807) is 0 Å². The molecule has 0 bridgehead atoms. The van der Waals surface area contributed by atoms with Crippen LogP contribution in [0.15, 0.2) is 24.5 Å². The van der Waals surface area contributed by atoms with E-state index in [0.29, 0.717) is 5.92 Å². The zero-order valence-electron chi connectivity index (χ0n) is 7.16. The molecule has 1 aromatic heterocycles. The number of rotatable bonds is 1. The highest BCUT2D eigenvalue weighted by Crippen LogP contribution is 2.21. The van der Waals surface area contributed by atoms with Gasteiger partial charge in [-0.15, -0.1) is 0 Å². The van der Waals surface area contributed by atoms with Gasteiger partial charge < -0.3 is 5.32 Å². The van der Waals surface area contributed by atoms with Gasteiger partial charge in [0.1, 0.15) is 0 Å². The zero-order chi connectivity index (χ0) is 8.23. The molecular formula is C10H14N2. The Labute approximate surface area is 73.0 Å². The van der Waals surface area contributed by atoms with E-state index in [4.69, 9.17) is 0 Å². The highest BCUT2D eigenvalue weighted by Gasteiger charge is 2.13. The number of aromatic nitrogens is 1. The number of nitrogens with zero attached hydrogens (tertiary/aromatic N) is 1. The van der Waals surface area contributed by atoms with Crippen LogP contribution in [-0.4, -0.2) is 18.1 Å². The van der Waals surface area contributed by atoms with E-state index in [0.717, 1.165) is 6.54 Å². The standard InChI is InChI=1S/C10H14N2/c1-2-10(8-12-5-1)9-3-6-11-7-4-9/h3-4,6-7,10,12H,1-2,5,8H2/t10-/m0/s1. The Bertz CT molecular complexity index is 227. The van der Waals surface area contributed by atoms with Crippen LogP contribution in [0.3, 0.4) is 0 Å². The minimum atomic E-state index is 0.710. The highest BCUT2D eigenvalue weighted by atomic mass is 14.9. The number of hydrogen-bond donors (Lipinski definition) is 1. The van der Waals surface area contributed by atoms with Crippen molar-refractivity contribution in [2.24, 2.45) is 0 Å². The molecule has 2 nitrogen and oxygen atoms in total. The molecule has 1 saturated heterocycles. The van der Waals surface area contributed by atoms with Crippen LogP contribution in [0.1, 0.15) is 24.3 Å². The SMILES string of the molecule is c1cc([C@H]2CCCNC2)ccn1. The van der Waals surface area contributed by atoms with Crippen LogP contribution in [0.4, 0.5) is 0 Å². The van der Waals surface area contributed by atoms with Gasteiger partial charge in [0.15, 0.2) is 0 Å². The second kappa shape index (κ2) is 3.68. The molecule has 1 atom stereocenters. The van der Waals surface area contributed by atoms with Crippen molar-refractivity contribution in [3.8, 4) is 0 Å². The van der Waals surface area contributed by atoms with Crippen LogP contribution >= 0.6 is 0 Å². The first-order valence-corrected chi connectivity index (χ1v) is 4.57. The predicted octanol–water partition coefficient (Wildman–Crippen LogP) is 1.55. The zero-order valence-corrected chi connectivity index (χ0v) is 7.16. The molecule has 1 aliphatic heterocycles. The lowest BCUT2D eigenvalue weighted by Crippen LogP contribution is -2.28. The fraction of sp³-hybridized carbons (Fsp3) is 0.500. The molecule has 1 aromatic rings. The van der Waals surface area contributed by atoms with Gasteiger partial charge in [0.05, 0.1) is 0 Å². The maximum absolute atomic E-state index is 4.02. The van der Waals surface area contributed by atoms with Gasteiger partial charge in [-0.05, 0) is 43.0 Å². The number of hydrogen-bond acceptors (Lipinski definition) is 2. The van der Waals surface area contributed by atoms with Crippen molar-refractivity contribution in [1.82, 2.24) is 10.3 Å². The van der Waals surface area contributed by atoms with Crippen molar-refractivity contribution in [1.29, 1.82) is 0 Å². The summed E-state index contributed by atoms with van der Waals surface area (Å²) >= 11 is 0. The van der Waals surface area contributed by atoms with Crippen molar-refractivity contribution in [2.45, 2.75) is 18.8 Å². The van der Waals surface area contributed by atoms with E-state index in [9.17, 15) is 0 Å². The lowest BCUT2D eigenvalue weighted by molar-refractivity contribution is 0.461. The summed E-state index contributed by atoms with van der Waals surface area (Å²) in [5, 5.41) is 3.41. The minimum Gasteiger partial charge on any atom is -0.316 e. The molecule has 0 saturated carbocycles. The predicted molar refractivity (Wildman–Crippen MR) is 49.1 cm³/mol. The first-order valence-electron chi connectivity index (χ1n) is 4.57. The molecule has 12 heavy (non-hydrogen) atoms. The normalized spacial score (nSPS) is 23.8. The van der Waals surface area contributed by atoms with Crippen LogP contribution < -0.4 is 5.32 Å². The van der Waals surface area contributed by atoms with Crippen molar-refractivity contribution < 1.29 is 0 Å². The molecule has 2 heterocycles. The number of pyridine rings is 1. The fourth-order valence-electron chi connectivity index (χ4n) is 1.77. The summed E-state index contributed by atoms with van der Waals surface area (Å²) in [4.78, 5) is 4.02. The van der Waals surface area contributed by atoms with Gasteiger partial charge >= 0.3 is 0 Å². The summed E-state index contributed by atoms with van der Waals surface area (Å²) in [6.07, 6.45) is 6.37. The molecule has 1 aliphatic rings. The number of nitrogens with one attached hydrogen (secondary N) is 1. The van der Waals surface area contributed by atoms with Crippen LogP contribution in [0.25, 0.3) is 0 Å². The quantitative estimate of drug-likeness (QED) is 0.677. The third-order valence-corrected chi connectivity index (χ3v) is 2.47. The van der Waals surface area contributed by atoms with E-state index < -0.39 is 0 Å². The summed E-state index contributed by atoms with van der Waals surface area (Å²) in [5.74, 6) is 0.710. The first kappa shape index (κ1) is 7.74. The average Bonchev–Trinajstić information content (AvgIpc) is 2.21. The van der Waals surface area contributed by atoms with E-state index in [1.165, 1.54) is 24.9 Å². The molecule has 0 spiro atoms. The molecule has 0 unspecified atom stereocenters. The Kier molecular flexibility index (Phi) is 2.37. The number of piperidine rings is 1. The third-order valence-electron chi connectivity index (χ3n) is 2.47. The first-order chi connectivity index (χ1) is 5.97. The third kappa shape index (κ3) is 1.64. The molecule has 2 rings (SSSR count). The van der Waals surface area contributed by atoms with E-state index in [-0.39, 0.29) is 0 Å². The van der Waals surface area contributed by atoms with Crippen molar-refractivity contribution in [2.75, 3.05) is 13.1 Å². The Morgan fingerprint density at radius 2 is 2.17 bits per heavy atom. The summed E-state index contributed by atoms with van der Waals surface area (Å²) in [6.45, 7) is 2.31. The molecule has 64 valence electrons. The highest BCUT2D eigenvalue weighted by molar-refractivity contribution is 5.16. The Hall–Kier alpha value is -0.890. The fourth-order valence-corrected chi connectivity index (χ4v) is 1.77. The van der Waals surface area contributed by atoms with Crippen molar-refractivity contribution in [3.63, 3.8) is 0 Å². The molecular weight excluding hydrogens is 148 g/mol. The van der Waals surface area contributed by atoms with Crippen molar-refractivity contribution in [3.05, 3.63) is 30.1 Å². The van der Waals surface area contributed by atoms with Crippen LogP contribution in [-0.2, 0) is 0 Å². The minimum absolute atomic E-state index is 0.710. The van der Waals surface area contributed by atoms with Gasteiger partial charge in [-0.25, -0.2) is 0 Å². The van der Waals surface area contributed by atoms with Gasteiger partial charge in [-0.1, -0.05) is 0 Å². The molecule has 1 fully saturated rings. The molecule has 1 N–H and O–H groups in total. The van der Waals surface area contributed by atoms with Crippen LogP contribution in [0, 0.1) is 0 Å². The smallest absolute Gasteiger partial charge is 0.0270 e. The topological polar surface area (TPSA) is 24.9 Å². The molecule has 0 radical (unpaired) electrons. The molecule has 0 aliphatic carbocycles. The lowest BCUT2D eigenvalue weighted by Gasteiger charge is -2.22. The summed E-state index contributed by atoms with van der Waals surface area (Å²) in [5.41, 5.74) is 1.43. The second-order valence-electron chi connectivity index (χ2n) is 3.32. The van der Waals surface area contributed by atoms with E-state index >= 15 is 0 Å². The van der Waals surface area contributed by atoms with E-state index in [1.807, 2.05) is 12.4 Å². The van der Waals surface area contributed by atoms with Gasteiger partial charge in [0.25, 0.3) is 0 Å². The van der Waals surface area contributed by atoms with Gasteiger partial charge in [-0.2, -0.15) is 0 Å². The molecule has 0 amide bonds. The summed E-state index contributed by atoms with van der Waals surface area (Å²) < 4.78 is 0. The lowest BCUT2D eigenvalue weighted by atomic mass is 9.93. The molecule has 0 aromatic carbocycles. The monoisotopic (exact) mass is 162 g/mol. The second-order valence-corrected chi connectivity index (χ2v) is 3.32. The van der Waals surface area contributed by atoms with E-state index in [2.05, 4.69) is 22.4 Å². The molecule has 2 heteroatoms. The van der Waals surface area contributed by atoms with Crippen LogP contribution in [0.5, 0.6) is 0 Å². The Morgan fingerprint density at radius 3 is 2.83 bits per heavy atom. The summed E-state index contributed by atoms with van der Waals surface area (Å²) in [6, 6.07) is 4.25. The average molecular weight is 162 g/mol. The Morgan fingerprint density at radius 1 is 1.33 bits per heavy atom. The summed E-state index contributed by atoms with van der Waals surface area (Å²) in [7, 11) is 0. The maximum atomic E-state index is 4.02. The van der Waals surface area contributed by atoms with Gasteiger partial charge in [-0.3, -0.25) is 4.98 Å². The van der Waals surface area contributed by atoms with Gasteiger partial charge in [0, 0.05) is 18.9 Å². The largest absolute Gasteiger partial charge is 0.316 e. The maximum Gasteiger partial charge on any atom is 0.0270 e.